The maximum atomic E-state index is 11.5. The Kier molecular flexibility index (Phi) is 7.39. The fourth-order valence-corrected chi connectivity index (χ4v) is 1.65. The second-order valence-electron chi connectivity index (χ2n) is 5.37. The minimum atomic E-state index is -0.674. The van der Waals surface area contributed by atoms with Crippen LogP contribution in [0.3, 0.4) is 0 Å². The first-order chi connectivity index (χ1) is 7.81. The van der Waals surface area contributed by atoms with E-state index in [-0.39, 0.29) is 12.0 Å². The molecule has 0 rings (SSSR count). The van der Waals surface area contributed by atoms with Crippen molar-refractivity contribution in [1.82, 2.24) is 5.32 Å². The number of nitrogens with one attached hydrogen (secondary N) is 1. The number of carbonyl (C=O) groups is 1. The fourth-order valence-electron chi connectivity index (χ4n) is 1.65. The monoisotopic (exact) mass is 244 g/mol. The highest BCUT2D eigenvalue weighted by Gasteiger charge is 2.32. The van der Waals surface area contributed by atoms with Gasteiger partial charge in [-0.1, -0.05) is 20.8 Å². The molecule has 0 saturated carbocycles. The van der Waals surface area contributed by atoms with Crippen LogP contribution in [0, 0.1) is 5.92 Å². The summed E-state index contributed by atoms with van der Waals surface area (Å²) in [7, 11) is 0. The summed E-state index contributed by atoms with van der Waals surface area (Å²) in [6, 6.07) is 0. The third kappa shape index (κ3) is 6.64. The number of ether oxygens (including phenoxy) is 1. The molecule has 0 radical (unpaired) electrons. The van der Waals surface area contributed by atoms with Crippen LogP contribution < -0.4 is 11.1 Å². The molecule has 1 amide bonds. The van der Waals surface area contributed by atoms with Crippen LogP contribution >= 0.6 is 0 Å². The van der Waals surface area contributed by atoms with Crippen LogP contribution in [-0.2, 0) is 9.53 Å². The number of carbonyl (C=O) groups excluding carboxylic acids is 1. The highest BCUT2D eigenvalue weighted by Crippen LogP contribution is 2.15. The molecule has 0 aromatic rings. The van der Waals surface area contributed by atoms with E-state index in [1.54, 1.807) is 0 Å². The van der Waals surface area contributed by atoms with Crippen LogP contribution in [0.1, 0.15) is 47.5 Å². The number of nitrogens with two attached hydrogens (primary N) is 1. The molecule has 0 aliphatic carbocycles. The molecule has 0 heterocycles. The van der Waals surface area contributed by atoms with E-state index in [0.717, 1.165) is 13.0 Å². The molecular weight excluding hydrogens is 216 g/mol. The first kappa shape index (κ1) is 16.4. The van der Waals surface area contributed by atoms with Crippen LogP contribution in [-0.4, -0.2) is 30.7 Å². The third-order valence-electron chi connectivity index (χ3n) is 2.72. The van der Waals surface area contributed by atoms with Crippen molar-refractivity contribution in [2.45, 2.75) is 59.1 Å². The molecule has 0 bridgehead atoms. The average molecular weight is 244 g/mol. The summed E-state index contributed by atoms with van der Waals surface area (Å²) in [4.78, 5) is 11.5. The smallest absolute Gasteiger partial charge is 0.237 e. The molecule has 17 heavy (non-hydrogen) atoms. The molecule has 3 N–H and O–H groups in total. The highest BCUT2D eigenvalue weighted by atomic mass is 16.5. The van der Waals surface area contributed by atoms with Crippen molar-refractivity contribution >= 4 is 5.91 Å². The molecule has 4 nitrogen and oxygen atoms in total. The van der Waals surface area contributed by atoms with E-state index in [4.69, 9.17) is 10.5 Å². The molecule has 0 aromatic carbocycles. The minimum absolute atomic E-state index is 0.0271. The number of primary amides is 1. The quantitative estimate of drug-likeness (QED) is 0.648. The summed E-state index contributed by atoms with van der Waals surface area (Å²) in [5.41, 5.74) is 4.78. The molecule has 0 aromatic heterocycles. The van der Waals surface area contributed by atoms with Crippen molar-refractivity contribution in [3.63, 3.8) is 0 Å². The maximum Gasteiger partial charge on any atom is 0.237 e. The normalized spacial score (nSPS) is 16.8. The predicted octanol–water partition coefficient (Wildman–Crippen LogP) is 1.68. The van der Waals surface area contributed by atoms with Crippen LogP contribution in [0.25, 0.3) is 0 Å². The van der Waals surface area contributed by atoms with Crippen molar-refractivity contribution < 1.29 is 9.53 Å². The summed E-state index contributed by atoms with van der Waals surface area (Å²) in [6.07, 6.45) is 1.61. The topological polar surface area (TPSA) is 64.3 Å². The van der Waals surface area contributed by atoms with Crippen LogP contribution in [0.2, 0.25) is 0 Å². The Morgan fingerprint density at radius 3 is 2.41 bits per heavy atom. The second kappa shape index (κ2) is 7.67. The van der Waals surface area contributed by atoms with Gasteiger partial charge in [-0.2, -0.15) is 0 Å². The van der Waals surface area contributed by atoms with Gasteiger partial charge in [0.25, 0.3) is 0 Å². The zero-order chi connectivity index (χ0) is 13.5. The van der Waals surface area contributed by atoms with Crippen molar-refractivity contribution in [3.8, 4) is 0 Å². The van der Waals surface area contributed by atoms with Gasteiger partial charge in [-0.25, -0.2) is 0 Å². The van der Waals surface area contributed by atoms with Crippen LogP contribution in [0.15, 0.2) is 0 Å². The van der Waals surface area contributed by atoms with E-state index in [1.165, 1.54) is 0 Å². The highest BCUT2D eigenvalue weighted by molar-refractivity contribution is 5.84. The molecule has 0 saturated heterocycles. The largest absolute Gasteiger partial charge is 0.378 e. The van der Waals surface area contributed by atoms with Gasteiger partial charge in [0.1, 0.15) is 0 Å². The van der Waals surface area contributed by atoms with E-state index >= 15 is 0 Å². The summed E-state index contributed by atoms with van der Waals surface area (Å²) in [5, 5.41) is 3.21. The van der Waals surface area contributed by atoms with Crippen molar-refractivity contribution in [2.24, 2.45) is 11.7 Å². The van der Waals surface area contributed by atoms with E-state index in [9.17, 15) is 4.79 Å². The zero-order valence-electron chi connectivity index (χ0n) is 11.9. The molecule has 4 heteroatoms. The lowest BCUT2D eigenvalue weighted by atomic mass is 9.93. The Hall–Kier alpha value is -0.610. The van der Waals surface area contributed by atoms with Gasteiger partial charge in [0.15, 0.2) is 0 Å². The fraction of sp³-hybridized carbons (Fsp3) is 0.923. The van der Waals surface area contributed by atoms with Gasteiger partial charge >= 0.3 is 0 Å². The van der Waals surface area contributed by atoms with Gasteiger partial charge in [-0.15, -0.1) is 0 Å². The third-order valence-corrected chi connectivity index (χ3v) is 2.72. The summed E-state index contributed by atoms with van der Waals surface area (Å²) in [6.45, 7) is 11.6. The van der Waals surface area contributed by atoms with Crippen LogP contribution in [0.5, 0.6) is 0 Å². The van der Waals surface area contributed by atoms with E-state index in [2.05, 4.69) is 26.1 Å². The summed E-state index contributed by atoms with van der Waals surface area (Å²) in [5.74, 6) is 0.187. The molecular formula is C13H28N2O2. The predicted molar refractivity (Wildman–Crippen MR) is 70.8 cm³/mol. The Bertz CT molecular complexity index is 231. The van der Waals surface area contributed by atoms with Gasteiger partial charge in [-0.05, 0) is 32.7 Å². The van der Waals surface area contributed by atoms with Gasteiger partial charge in [0.05, 0.1) is 11.6 Å². The maximum absolute atomic E-state index is 11.5. The molecule has 0 aliphatic heterocycles. The summed E-state index contributed by atoms with van der Waals surface area (Å²) < 4.78 is 5.68. The first-order valence-corrected chi connectivity index (χ1v) is 6.48. The standard InChI is InChI=1S/C13H28N2O2/c1-6-7-15-13(5,12(14)16)8-11(4)17-9-10(2)3/h10-11,15H,6-9H2,1-5H3,(H2,14,16). The van der Waals surface area contributed by atoms with Gasteiger partial charge in [0, 0.05) is 13.0 Å². The molecule has 0 fully saturated rings. The minimum Gasteiger partial charge on any atom is -0.378 e. The Labute approximate surface area is 105 Å². The summed E-state index contributed by atoms with van der Waals surface area (Å²) >= 11 is 0. The molecule has 2 unspecified atom stereocenters. The SMILES string of the molecule is CCCNC(C)(CC(C)OCC(C)C)C(N)=O. The second-order valence-corrected chi connectivity index (χ2v) is 5.37. The van der Waals surface area contributed by atoms with Crippen molar-refractivity contribution in [1.29, 1.82) is 0 Å². The first-order valence-electron chi connectivity index (χ1n) is 6.48. The van der Waals surface area contributed by atoms with Gasteiger partial charge in [-0.3, -0.25) is 4.79 Å². The molecule has 0 spiro atoms. The van der Waals surface area contributed by atoms with Crippen molar-refractivity contribution in [3.05, 3.63) is 0 Å². The van der Waals surface area contributed by atoms with E-state index in [1.807, 2.05) is 13.8 Å². The van der Waals surface area contributed by atoms with E-state index in [0.29, 0.717) is 18.9 Å². The lowest BCUT2D eigenvalue weighted by Gasteiger charge is -2.30. The van der Waals surface area contributed by atoms with Gasteiger partial charge in [0.2, 0.25) is 5.91 Å². The lowest BCUT2D eigenvalue weighted by Crippen LogP contribution is -2.55. The van der Waals surface area contributed by atoms with Crippen molar-refractivity contribution in [2.75, 3.05) is 13.2 Å². The Morgan fingerprint density at radius 1 is 1.41 bits per heavy atom. The lowest BCUT2D eigenvalue weighted by molar-refractivity contribution is -0.125. The van der Waals surface area contributed by atoms with Gasteiger partial charge < -0.3 is 15.8 Å². The average Bonchev–Trinajstić information content (AvgIpc) is 2.23. The zero-order valence-corrected chi connectivity index (χ0v) is 11.9. The Balaban J connectivity index is 4.28. The molecule has 0 aliphatic rings. The molecule has 2 atom stereocenters. The number of hydrogen-bond acceptors (Lipinski definition) is 3. The number of rotatable bonds is 9. The molecule has 102 valence electrons. The van der Waals surface area contributed by atoms with Crippen LogP contribution in [0.4, 0.5) is 0 Å². The van der Waals surface area contributed by atoms with E-state index < -0.39 is 5.54 Å². The number of amides is 1. The number of hydrogen-bond donors (Lipinski definition) is 2. The Morgan fingerprint density at radius 2 is 2.00 bits per heavy atom.